The molecule has 0 bridgehead atoms. The van der Waals surface area contributed by atoms with Crippen molar-refractivity contribution in [3.63, 3.8) is 0 Å². The molecule has 34 heavy (non-hydrogen) atoms. The minimum absolute atomic E-state index is 0.0658. The second-order valence-corrected chi connectivity index (χ2v) is 8.77. The maximum Gasteiger partial charge on any atom is 0.416 e. The Morgan fingerprint density at radius 3 is 2.59 bits per heavy atom. The van der Waals surface area contributed by atoms with Crippen molar-refractivity contribution in [2.75, 3.05) is 11.9 Å². The molecule has 2 aromatic carbocycles. The average molecular weight is 471 g/mol. The number of alkyl halides is 3. The minimum Gasteiger partial charge on any atom is -0.359 e. The fraction of sp³-hybridized carbons (Fsp3) is 0.333. The molecule has 7 nitrogen and oxygen atoms in total. The number of nitrogens with zero attached hydrogens (tertiary/aromatic N) is 4. The average Bonchev–Trinajstić information content (AvgIpc) is 3.28. The third kappa shape index (κ3) is 3.87. The van der Waals surface area contributed by atoms with Crippen molar-refractivity contribution in [1.29, 1.82) is 0 Å². The number of benzene rings is 2. The van der Waals surface area contributed by atoms with E-state index in [1.54, 1.807) is 29.3 Å². The molecule has 1 aliphatic heterocycles. The van der Waals surface area contributed by atoms with Crippen molar-refractivity contribution in [3.05, 3.63) is 74.9 Å². The van der Waals surface area contributed by atoms with E-state index in [1.165, 1.54) is 6.07 Å². The number of hydrogen-bond acceptors (Lipinski definition) is 5. The Morgan fingerprint density at radius 1 is 1.12 bits per heavy atom. The van der Waals surface area contributed by atoms with Crippen LogP contribution in [0.2, 0.25) is 0 Å². The van der Waals surface area contributed by atoms with E-state index < -0.39 is 11.7 Å². The van der Waals surface area contributed by atoms with Gasteiger partial charge in [0.15, 0.2) is 5.82 Å². The van der Waals surface area contributed by atoms with E-state index in [1.807, 2.05) is 13.0 Å². The fourth-order valence-corrected chi connectivity index (χ4v) is 4.51. The molecule has 0 atom stereocenters. The van der Waals surface area contributed by atoms with Gasteiger partial charge in [-0.3, -0.25) is 14.0 Å². The van der Waals surface area contributed by atoms with Crippen LogP contribution < -0.4 is 11.0 Å². The molecule has 10 heteroatoms. The van der Waals surface area contributed by atoms with Gasteiger partial charge in [0.05, 0.1) is 22.2 Å². The van der Waals surface area contributed by atoms with Crippen LogP contribution >= 0.6 is 0 Å². The van der Waals surface area contributed by atoms with Gasteiger partial charge in [-0.15, -0.1) is 0 Å². The van der Waals surface area contributed by atoms with Gasteiger partial charge in [0.1, 0.15) is 5.76 Å². The molecule has 5 rings (SSSR count). The van der Waals surface area contributed by atoms with Crippen LogP contribution in [0.15, 0.2) is 45.7 Å². The third-order valence-electron chi connectivity index (χ3n) is 6.48. The van der Waals surface area contributed by atoms with Crippen LogP contribution in [-0.4, -0.2) is 25.7 Å². The summed E-state index contributed by atoms with van der Waals surface area (Å²) in [5.74, 6) is 1.17. The largest absolute Gasteiger partial charge is 0.416 e. The number of hydrogen-bond donors (Lipinski definition) is 1. The smallest absolute Gasteiger partial charge is 0.359 e. The molecule has 0 radical (unpaired) electrons. The van der Waals surface area contributed by atoms with Crippen LogP contribution in [0.4, 0.5) is 24.7 Å². The summed E-state index contributed by atoms with van der Waals surface area (Å²) in [4.78, 5) is 14.5. The number of aryl methyl sites for hydroxylation is 3. The number of rotatable bonds is 4. The zero-order valence-corrected chi connectivity index (χ0v) is 19.0. The lowest BCUT2D eigenvalue weighted by atomic mass is 10.0. The van der Waals surface area contributed by atoms with Crippen LogP contribution in [0.3, 0.4) is 0 Å². The van der Waals surface area contributed by atoms with Gasteiger partial charge in [0.25, 0.3) is 0 Å². The Hall–Kier alpha value is -3.53. The Morgan fingerprint density at radius 2 is 1.85 bits per heavy atom. The van der Waals surface area contributed by atoms with Crippen molar-refractivity contribution in [2.45, 2.75) is 32.6 Å². The third-order valence-corrected chi connectivity index (χ3v) is 6.48. The number of halogens is 3. The van der Waals surface area contributed by atoms with Crippen LogP contribution in [0.1, 0.15) is 28.0 Å². The first-order valence-corrected chi connectivity index (χ1v) is 10.9. The summed E-state index contributed by atoms with van der Waals surface area (Å²) in [7, 11) is 3.53. The maximum absolute atomic E-state index is 13.1. The second kappa shape index (κ2) is 8.05. The van der Waals surface area contributed by atoms with Crippen LogP contribution in [0, 0.1) is 6.92 Å². The SMILES string of the molecule is Cc1cc2c(cc1CN1CCc3onc(Nc4cccc(C(F)(F)F)c4)c3C1)n(C)c(=O)n2C. The number of imidazole rings is 1. The van der Waals surface area contributed by atoms with Gasteiger partial charge in [0, 0.05) is 45.8 Å². The molecule has 1 N–H and O–H groups in total. The Kier molecular flexibility index (Phi) is 5.27. The maximum atomic E-state index is 13.1. The van der Waals surface area contributed by atoms with Crippen molar-refractivity contribution in [1.82, 2.24) is 19.2 Å². The number of nitrogens with one attached hydrogen (secondary N) is 1. The summed E-state index contributed by atoms with van der Waals surface area (Å²) >= 11 is 0. The van der Waals surface area contributed by atoms with Crippen LogP contribution in [0.25, 0.3) is 11.0 Å². The van der Waals surface area contributed by atoms with Crippen molar-refractivity contribution >= 4 is 22.5 Å². The second-order valence-electron chi connectivity index (χ2n) is 8.77. The van der Waals surface area contributed by atoms with Gasteiger partial charge < -0.3 is 9.84 Å². The molecule has 3 heterocycles. The van der Waals surface area contributed by atoms with Crippen molar-refractivity contribution in [2.24, 2.45) is 14.1 Å². The van der Waals surface area contributed by atoms with E-state index in [4.69, 9.17) is 4.52 Å². The molecule has 0 fully saturated rings. The van der Waals surface area contributed by atoms with Gasteiger partial charge in [-0.2, -0.15) is 13.2 Å². The normalized spacial score (nSPS) is 14.5. The first kappa shape index (κ1) is 22.3. The summed E-state index contributed by atoms with van der Waals surface area (Å²) in [5.41, 5.74) is 4.32. The molecule has 0 saturated heterocycles. The number of fused-ring (bicyclic) bond motifs is 2. The van der Waals surface area contributed by atoms with Crippen LogP contribution in [-0.2, 0) is 39.8 Å². The fourth-order valence-electron chi connectivity index (χ4n) is 4.51. The molecule has 2 aromatic heterocycles. The van der Waals surface area contributed by atoms with E-state index in [0.717, 1.165) is 52.2 Å². The first-order chi connectivity index (χ1) is 16.1. The Balaban J connectivity index is 1.38. The standard InChI is InChI=1S/C24H24F3N5O2/c1-14-9-19-20(31(3)23(33)30(19)2)10-15(14)12-32-8-7-21-18(13-32)22(29-34-21)28-17-6-4-5-16(11-17)24(25,26)27/h4-6,9-11H,7-8,12-13H2,1-3H3,(H,28,29). The topological polar surface area (TPSA) is 68.2 Å². The molecule has 0 unspecified atom stereocenters. The van der Waals surface area contributed by atoms with Gasteiger partial charge in [-0.25, -0.2) is 4.79 Å². The van der Waals surface area contributed by atoms with Crippen molar-refractivity contribution in [3.8, 4) is 0 Å². The molecule has 0 amide bonds. The highest BCUT2D eigenvalue weighted by Gasteiger charge is 2.31. The lowest BCUT2D eigenvalue weighted by Gasteiger charge is -2.26. The molecule has 4 aromatic rings. The van der Waals surface area contributed by atoms with Crippen molar-refractivity contribution < 1.29 is 17.7 Å². The highest BCUT2D eigenvalue weighted by molar-refractivity contribution is 5.78. The Bertz CT molecular complexity index is 1450. The number of aromatic nitrogens is 3. The van der Waals surface area contributed by atoms with Gasteiger partial charge in [-0.05, 0) is 48.4 Å². The summed E-state index contributed by atoms with van der Waals surface area (Å²) < 4.78 is 48.0. The van der Waals surface area contributed by atoms with Crippen LogP contribution in [0.5, 0.6) is 0 Å². The molecule has 0 saturated carbocycles. The molecule has 0 aliphatic carbocycles. The minimum atomic E-state index is -4.42. The summed E-state index contributed by atoms with van der Waals surface area (Å²) in [6, 6.07) is 9.11. The van der Waals surface area contributed by atoms with Gasteiger partial charge in [0.2, 0.25) is 0 Å². The van der Waals surface area contributed by atoms with E-state index in [0.29, 0.717) is 31.0 Å². The predicted molar refractivity (Wildman–Crippen MR) is 122 cm³/mol. The van der Waals surface area contributed by atoms with E-state index in [2.05, 4.69) is 21.4 Å². The quantitative estimate of drug-likeness (QED) is 0.475. The predicted octanol–water partition coefficient (Wildman–Crippen LogP) is 4.49. The highest BCUT2D eigenvalue weighted by atomic mass is 19.4. The van der Waals surface area contributed by atoms with E-state index in [9.17, 15) is 18.0 Å². The lowest BCUT2D eigenvalue weighted by molar-refractivity contribution is -0.137. The molecule has 0 spiro atoms. The monoisotopic (exact) mass is 471 g/mol. The molecule has 178 valence electrons. The summed E-state index contributed by atoms with van der Waals surface area (Å²) in [6.45, 7) is 4.00. The molecular weight excluding hydrogens is 447 g/mol. The van der Waals surface area contributed by atoms with Gasteiger partial charge >= 0.3 is 11.9 Å². The zero-order valence-electron chi connectivity index (χ0n) is 19.0. The molecular formula is C24H24F3N5O2. The highest BCUT2D eigenvalue weighted by Crippen LogP contribution is 2.33. The zero-order chi connectivity index (χ0) is 24.2. The molecule has 1 aliphatic rings. The van der Waals surface area contributed by atoms with Gasteiger partial charge in [-0.1, -0.05) is 11.2 Å². The summed E-state index contributed by atoms with van der Waals surface area (Å²) in [5, 5.41) is 7.06. The first-order valence-electron chi connectivity index (χ1n) is 10.9. The van der Waals surface area contributed by atoms with E-state index >= 15 is 0 Å². The van der Waals surface area contributed by atoms with E-state index in [-0.39, 0.29) is 5.69 Å². The summed E-state index contributed by atoms with van der Waals surface area (Å²) in [6.07, 6.45) is -3.77. The number of anilines is 2. The Labute approximate surface area is 193 Å². The lowest BCUT2D eigenvalue weighted by Crippen LogP contribution is -2.30.